The van der Waals surface area contributed by atoms with Crippen LogP contribution in [-0.2, 0) is 0 Å². The molecule has 0 saturated carbocycles. The Morgan fingerprint density at radius 3 is 0.857 bits per heavy atom. The number of halogens is 17. The first-order valence-electron chi connectivity index (χ1n) is 5.76. The standard InChI is InChI=1S/C9H3F17O2/c10-1(27)2(11,12)3(13,14)4(15,16)5(17,18)6(19,20)7(21,22)8(23,24)9(25,26)28/h1,27-28H. The lowest BCUT2D eigenvalue weighted by atomic mass is 9.89. The SMILES string of the molecule is OC(F)C(F)(F)C(F)(F)C(F)(F)C(F)(F)C(F)(F)C(F)(F)C(F)(F)C(O)(F)F. The third-order valence-corrected chi connectivity index (χ3v) is 3.07. The fourth-order valence-corrected chi connectivity index (χ4v) is 1.34. The summed E-state index contributed by atoms with van der Waals surface area (Å²) in [6.45, 7) is 0. The van der Waals surface area contributed by atoms with E-state index in [-0.39, 0.29) is 0 Å². The molecule has 19 heteroatoms. The first-order chi connectivity index (χ1) is 11.7. The monoisotopic (exact) mass is 466 g/mol. The Balaban J connectivity index is 6.72. The Morgan fingerprint density at radius 1 is 0.429 bits per heavy atom. The minimum Gasteiger partial charge on any atom is -0.359 e. The Kier molecular flexibility index (Phi) is 6.07. The van der Waals surface area contributed by atoms with Gasteiger partial charge in [-0.2, -0.15) is 70.2 Å². The van der Waals surface area contributed by atoms with Crippen molar-refractivity contribution in [2.45, 2.75) is 53.9 Å². The molecular weight excluding hydrogens is 463 g/mol. The molecule has 2 nitrogen and oxygen atoms in total. The summed E-state index contributed by atoms with van der Waals surface area (Å²) in [6, 6.07) is 0. The molecule has 0 aromatic heterocycles. The van der Waals surface area contributed by atoms with E-state index in [9.17, 15) is 74.6 Å². The summed E-state index contributed by atoms with van der Waals surface area (Å²) in [5, 5.41) is 15.0. The molecule has 0 aliphatic heterocycles. The zero-order valence-electron chi connectivity index (χ0n) is 11.9. The van der Waals surface area contributed by atoms with Gasteiger partial charge in [-0.3, -0.25) is 0 Å². The molecule has 0 amide bonds. The molecule has 1 atom stereocenters. The predicted molar refractivity (Wildman–Crippen MR) is 48.9 cm³/mol. The van der Waals surface area contributed by atoms with Crippen LogP contribution in [0.1, 0.15) is 0 Å². The van der Waals surface area contributed by atoms with Gasteiger partial charge in [-0.1, -0.05) is 0 Å². The van der Waals surface area contributed by atoms with Gasteiger partial charge >= 0.3 is 47.6 Å². The van der Waals surface area contributed by atoms with Crippen LogP contribution < -0.4 is 0 Å². The van der Waals surface area contributed by atoms with Gasteiger partial charge in [0.25, 0.3) is 6.36 Å². The molecular formula is C9H3F17O2. The summed E-state index contributed by atoms with van der Waals surface area (Å²) >= 11 is 0. The van der Waals surface area contributed by atoms with Crippen LogP contribution in [0.25, 0.3) is 0 Å². The highest BCUT2D eigenvalue weighted by Crippen LogP contribution is 2.63. The van der Waals surface area contributed by atoms with Gasteiger partial charge in [0.05, 0.1) is 0 Å². The maximum atomic E-state index is 13.0. The molecule has 0 aromatic rings. The van der Waals surface area contributed by atoms with Crippen LogP contribution in [-0.4, -0.2) is 64.1 Å². The van der Waals surface area contributed by atoms with Crippen molar-refractivity contribution in [3.8, 4) is 0 Å². The lowest BCUT2D eigenvalue weighted by molar-refractivity contribution is -0.472. The van der Waals surface area contributed by atoms with Gasteiger partial charge in [-0.25, -0.2) is 4.39 Å². The van der Waals surface area contributed by atoms with Crippen molar-refractivity contribution in [1.82, 2.24) is 0 Å². The second kappa shape index (κ2) is 6.36. The molecule has 170 valence electrons. The second-order valence-corrected chi connectivity index (χ2v) is 4.95. The van der Waals surface area contributed by atoms with E-state index in [0.717, 1.165) is 0 Å². The van der Waals surface area contributed by atoms with Crippen molar-refractivity contribution < 1.29 is 84.9 Å². The highest BCUT2D eigenvalue weighted by molar-refractivity contribution is 5.15. The second-order valence-electron chi connectivity index (χ2n) is 4.95. The third-order valence-electron chi connectivity index (χ3n) is 3.07. The molecule has 0 heterocycles. The molecule has 0 aliphatic rings. The number of hydrogen-bond donors (Lipinski definition) is 2. The number of alkyl halides is 17. The van der Waals surface area contributed by atoms with Crippen molar-refractivity contribution in [2.75, 3.05) is 0 Å². The van der Waals surface area contributed by atoms with Crippen molar-refractivity contribution in [3.63, 3.8) is 0 Å². The van der Waals surface area contributed by atoms with Crippen LogP contribution in [0.15, 0.2) is 0 Å². The number of rotatable bonds is 8. The van der Waals surface area contributed by atoms with Crippen molar-refractivity contribution >= 4 is 0 Å². The highest BCUT2D eigenvalue weighted by Gasteiger charge is 2.95. The summed E-state index contributed by atoms with van der Waals surface area (Å²) in [6.07, 6.45) is -12.8. The Bertz CT molecular complexity index is 574. The molecule has 0 spiro atoms. The molecule has 0 aromatic carbocycles. The van der Waals surface area contributed by atoms with Gasteiger partial charge in [-0.15, -0.1) is 0 Å². The summed E-state index contributed by atoms with van der Waals surface area (Å²) in [4.78, 5) is 0. The largest absolute Gasteiger partial charge is 0.423 e. The molecule has 0 rings (SSSR count). The van der Waals surface area contributed by atoms with Crippen LogP contribution in [0.3, 0.4) is 0 Å². The Hall–Kier alpha value is -1.27. The van der Waals surface area contributed by atoms with Crippen molar-refractivity contribution in [1.29, 1.82) is 0 Å². The van der Waals surface area contributed by atoms with Crippen molar-refractivity contribution in [2.24, 2.45) is 0 Å². The van der Waals surface area contributed by atoms with E-state index >= 15 is 0 Å². The van der Waals surface area contributed by atoms with Gasteiger partial charge < -0.3 is 10.2 Å². The van der Waals surface area contributed by atoms with Crippen LogP contribution in [0.4, 0.5) is 74.6 Å². The van der Waals surface area contributed by atoms with Gasteiger partial charge in [0.1, 0.15) is 0 Å². The maximum Gasteiger partial charge on any atom is 0.423 e. The average Bonchev–Trinajstić information content (AvgIpc) is 2.44. The van der Waals surface area contributed by atoms with E-state index in [2.05, 4.69) is 0 Å². The molecule has 28 heavy (non-hydrogen) atoms. The normalized spacial score (nSPS) is 17.7. The van der Waals surface area contributed by atoms with Crippen molar-refractivity contribution in [3.05, 3.63) is 0 Å². The van der Waals surface area contributed by atoms with E-state index in [1.165, 1.54) is 0 Å². The molecule has 1 unspecified atom stereocenters. The first kappa shape index (κ1) is 26.7. The zero-order chi connectivity index (χ0) is 23.6. The quantitative estimate of drug-likeness (QED) is 0.524. The molecule has 0 fully saturated rings. The molecule has 0 radical (unpaired) electrons. The fraction of sp³-hybridized carbons (Fsp3) is 1.00. The molecule has 2 N–H and O–H groups in total. The van der Waals surface area contributed by atoms with E-state index in [4.69, 9.17) is 10.2 Å². The number of aliphatic hydroxyl groups excluding tert-OH is 1. The lowest BCUT2D eigenvalue weighted by Gasteiger charge is -2.43. The van der Waals surface area contributed by atoms with E-state index < -0.39 is 53.9 Å². The van der Waals surface area contributed by atoms with E-state index in [0.29, 0.717) is 0 Å². The summed E-state index contributed by atoms with van der Waals surface area (Å²) in [5.41, 5.74) is 0. The van der Waals surface area contributed by atoms with Gasteiger partial charge in [0, 0.05) is 0 Å². The third kappa shape index (κ3) is 3.04. The van der Waals surface area contributed by atoms with E-state index in [1.54, 1.807) is 0 Å². The minimum atomic E-state index is -8.72. The lowest BCUT2D eigenvalue weighted by Crippen LogP contribution is -2.75. The maximum absolute atomic E-state index is 13.0. The summed E-state index contributed by atoms with van der Waals surface area (Å²) < 4.78 is 215. The van der Waals surface area contributed by atoms with Gasteiger partial charge in [-0.05, 0) is 0 Å². The molecule has 0 aliphatic carbocycles. The van der Waals surface area contributed by atoms with Gasteiger partial charge in [0.2, 0.25) is 0 Å². The van der Waals surface area contributed by atoms with Crippen LogP contribution >= 0.6 is 0 Å². The van der Waals surface area contributed by atoms with Crippen LogP contribution in [0.2, 0.25) is 0 Å². The van der Waals surface area contributed by atoms with Crippen LogP contribution in [0.5, 0.6) is 0 Å². The highest BCUT2D eigenvalue weighted by atomic mass is 19.4. The average molecular weight is 466 g/mol. The topological polar surface area (TPSA) is 40.5 Å². The summed E-state index contributed by atoms with van der Waals surface area (Å²) in [5.74, 6) is -58.1. The smallest absolute Gasteiger partial charge is 0.359 e. The minimum absolute atomic E-state index is 5.50. The molecule has 0 saturated heterocycles. The number of hydrogen-bond acceptors (Lipinski definition) is 2. The van der Waals surface area contributed by atoms with Crippen LogP contribution in [0, 0.1) is 0 Å². The first-order valence-corrected chi connectivity index (χ1v) is 5.76. The van der Waals surface area contributed by atoms with Gasteiger partial charge in [0.15, 0.2) is 0 Å². The predicted octanol–water partition coefficient (Wildman–Crippen LogP) is 4.31. The Morgan fingerprint density at radius 2 is 0.643 bits per heavy atom. The Labute approximate surface area is 140 Å². The zero-order valence-corrected chi connectivity index (χ0v) is 11.9. The molecule has 0 bridgehead atoms. The van der Waals surface area contributed by atoms with E-state index in [1.807, 2.05) is 0 Å². The summed E-state index contributed by atoms with van der Waals surface area (Å²) in [7, 11) is 0. The number of aliphatic hydroxyl groups is 2. The fourth-order valence-electron chi connectivity index (χ4n) is 1.34.